The van der Waals surface area contributed by atoms with Crippen molar-refractivity contribution in [3.05, 3.63) is 35.4 Å². The van der Waals surface area contributed by atoms with Gasteiger partial charge in [-0.15, -0.1) is 23.5 Å². The zero-order valence-corrected chi connectivity index (χ0v) is 17.5. The number of benzene rings is 1. The number of carbonyl (C=O) groups excluding carboxylic acids is 3. The number of thioether (sulfide) groups is 2. The molecular formula is C21H26N2O3S2. The van der Waals surface area contributed by atoms with Crippen molar-refractivity contribution in [1.29, 1.82) is 0 Å². The highest BCUT2D eigenvalue weighted by Crippen LogP contribution is 2.31. The highest BCUT2D eigenvalue weighted by atomic mass is 32.2. The summed E-state index contributed by atoms with van der Waals surface area (Å²) in [7, 11) is 0. The molecule has 1 aromatic carbocycles. The predicted molar refractivity (Wildman–Crippen MR) is 113 cm³/mol. The molecule has 0 bridgehead atoms. The highest BCUT2D eigenvalue weighted by molar-refractivity contribution is 8.01. The van der Waals surface area contributed by atoms with Crippen molar-refractivity contribution in [2.45, 2.75) is 49.4 Å². The molecule has 2 aliphatic heterocycles. The summed E-state index contributed by atoms with van der Waals surface area (Å²) in [5.41, 5.74) is 2.86. The van der Waals surface area contributed by atoms with Gasteiger partial charge in [-0.2, -0.15) is 0 Å². The summed E-state index contributed by atoms with van der Waals surface area (Å²) in [5, 5.41) is 2.85. The van der Waals surface area contributed by atoms with E-state index in [9.17, 15) is 14.4 Å². The predicted octanol–water partition coefficient (Wildman–Crippen LogP) is 2.27. The van der Waals surface area contributed by atoms with Crippen molar-refractivity contribution in [2.75, 3.05) is 17.5 Å². The Balaban J connectivity index is 1.33. The molecule has 1 N–H and O–H groups in total. The molecule has 1 amide bonds. The fourth-order valence-electron chi connectivity index (χ4n) is 4.41. The number of fused-ring (bicyclic) bond motifs is 1. The maximum absolute atomic E-state index is 12.9. The average Bonchev–Trinajstić information content (AvgIpc) is 3.40. The fourth-order valence-corrected chi connectivity index (χ4v) is 6.70. The van der Waals surface area contributed by atoms with Gasteiger partial charge in [0.1, 0.15) is 18.1 Å². The summed E-state index contributed by atoms with van der Waals surface area (Å²) in [6.45, 7) is 0. The van der Waals surface area contributed by atoms with Crippen molar-refractivity contribution in [2.24, 2.45) is 5.92 Å². The third kappa shape index (κ3) is 4.16. The number of Topliss-reactive ketones (excluding diaryl/α,β-unsaturated/α-hetero) is 1. The Morgan fingerprint density at radius 1 is 1.25 bits per heavy atom. The number of aldehydes is 1. The molecule has 2 fully saturated rings. The number of aryl methyl sites for hydroxylation is 1. The molecule has 2 heterocycles. The Morgan fingerprint density at radius 2 is 2.07 bits per heavy atom. The minimum absolute atomic E-state index is 0.1000. The second-order valence-corrected chi connectivity index (χ2v) is 9.94. The van der Waals surface area contributed by atoms with Gasteiger partial charge >= 0.3 is 0 Å². The molecule has 28 heavy (non-hydrogen) atoms. The molecule has 4 atom stereocenters. The quantitative estimate of drug-likeness (QED) is 0.715. The van der Waals surface area contributed by atoms with Crippen LogP contribution < -0.4 is 5.32 Å². The standard InChI is InChI=1S/C21H26N2O3S2/c24-10-17-11-27-13-23(17)21(26)19-20(28-12-22-19)18(25)8-6-14-5-7-15-3-1-2-4-16(15)9-14/h1-4,10,14,17,19-20,22H,5-9,11-13H2/t14-,17-,19+,20?/m1/s1. The average molecular weight is 419 g/mol. The summed E-state index contributed by atoms with van der Waals surface area (Å²) in [5.74, 6) is 2.40. The molecule has 0 spiro atoms. The van der Waals surface area contributed by atoms with Crippen molar-refractivity contribution >= 4 is 41.5 Å². The van der Waals surface area contributed by atoms with Gasteiger partial charge in [0.05, 0.1) is 17.2 Å². The van der Waals surface area contributed by atoms with E-state index in [0.717, 1.165) is 32.0 Å². The van der Waals surface area contributed by atoms with Gasteiger partial charge in [0.2, 0.25) is 5.91 Å². The lowest BCUT2D eigenvalue weighted by molar-refractivity contribution is -0.137. The lowest BCUT2D eigenvalue weighted by Gasteiger charge is -2.27. The first kappa shape index (κ1) is 20.0. The minimum Gasteiger partial charge on any atom is -0.321 e. The largest absolute Gasteiger partial charge is 0.321 e. The summed E-state index contributed by atoms with van der Waals surface area (Å²) in [6.07, 6.45) is 5.54. The second kappa shape index (κ2) is 9.01. The van der Waals surface area contributed by atoms with Crippen LogP contribution in [0.4, 0.5) is 0 Å². The van der Waals surface area contributed by atoms with E-state index in [1.54, 1.807) is 16.7 Å². The number of amides is 1. The number of hydrogen-bond acceptors (Lipinski definition) is 6. The van der Waals surface area contributed by atoms with Crippen LogP contribution in [0.3, 0.4) is 0 Å². The van der Waals surface area contributed by atoms with E-state index < -0.39 is 6.04 Å². The fraction of sp³-hybridized carbons (Fsp3) is 0.571. The second-order valence-electron chi connectivity index (χ2n) is 7.81. The first-order valence-corrected chi connectivity index (χ1v) is 12.2. The molecule has 0 radical (unpaired) electrons. The molecule has 0 aromatic heterocycles. The highest BCUT2D eigenvalue weighted by Gasteiger charge is 2.42. The first-order chi connectivity index (χ1) is 13.7. The number of ketones is 1. The van der Waals surface area contributed by atoms with Gasteiger partial charge in [-0.05, 0) is 42.7 Å². The minimum atomic E-state index is -0.495. The zero-order valence-electron chi connectivity index (χ0n) is 15.8. The molecule has 2 saturated heterocycles. The van der Waals surface area contributed by atoms with Crippen molar-refractivity contribution in [1.82, 2.24) is 10.2 Å². The molecular weight excluding hydrogens is 392 g/mol. The molecule has 1 aliphatic carbocycles. The van der Waals surface area contributed by atoms with Crippen molar-refractivity contribution in [3.63, 3.8) is 0 Å². The molecule has 5 nitrogen and oxygen atoms in total. The van der Waals surface area contributed by atoms with Gasteiger partial charge in [0.25, 0.3) is 0 Å². The number of nitrogens with zero attached hydrogens (tertiary/aromatic N) is 1. The first-order valence-electron chi connectivity index (χ1n) is 9.95. The topological polar surface area (TPSA) is 66.5 Å². The van der Waals surface area contributed by atoms with Crippen LogP contribution in [0, 0.1) is 5.92 Å². The normalized spacial score (nSPS) is 29.5. The van der Waals surface area contributed by atoms with Crippen molar-refractivity contribution in [3.8, 4) is 0 Å². The van der Waals surface area contributed by atoms with Crippen LogP contribution in [-0.4, -0.2) is 57.7 Å². The Morgan fingerprint density at radius 3 is 2.89 bits per heavy atom. The third-order valence-corrected chi connectivity index (χ3v) is 8.33. The van der Waals surface area contributed by atoms with E-state index in [4.69, 9.17) is 0 Å². The number of carbonyl (C=O) groups is 3. The molecule has 1 aromatic rings. The maximum atomic E-state index is 12.9. The smallest absolute Gasteiger partial charge is 0.242 e. The molecule has 4 rings (SSSR count). The Labute approximate surface area is 174 Å². The van der Waals surface area contributed by atoms with E-state index in [-0.39, 0.29) is 23.0 Å². The van der Waals surface area contributed by atoms with Crippen LogP contribution >= 0.6 is 23.5 Å². The van der Waals surface area contributed by atoms with Gasteiger partial charge in [-0.1, -0.05) is 24.3 Å². The van der Waals surface area contributed by atoms with Gasteiger partial charge < -0.3 is 9.69 Å². The van der Waals surface area contributed by atoms with Gasteiger partial charge in [0, 0.05) is 18.1 Å². The summed E-state index contributed by atoms with van der Waals surface area (Å²) < 4.78 is 0. The summed E-state index contributed by atoms with van der Waals surface area (Å²) in [4.78, 5) is 38.7. The Hall–Kier alpha value is -1.31. The van der Waals surface area contributed by atoms with Crippen LogP contribution in [0.25, 0.3) is 0 Å². The number of rotatable bonds is 6. The molecule has 150 valence electrons. The van der Waals surface area contributed by atoms with Crippen LogP contribution in [0.5, 0.6) is 0 Å². The summed E-state index contributed by atoms with van der Waals surface area (Å²) >= 11 is 3.12. The van der Waals surface area contributed by atoms with E-state index in [0.29, 0.717) is 29.8 Å². The maximum Gasteiger partial charge on any atom is 0.242 e. The van der Waals surface area contributed by atoms with E-state index in [1.807, 2.05) is 0 Å². The number of nitrogens with one attached hydrogen (secondary N) is 1. The van der Waals surface area contributed by atoms with Crippen molar-refractivity contribution < 1.29 is 14.4 Å². The van der Waals surface area contributed by atoms with E-state index >= 15 is 0 Å². The monoisotopic (exact) mass is 418 g/mol. The van der Waals surface area contributed by atoms with Crippen LogP contribution in [0.15, 0.2) is 24.3 Å². The Bertz CT molecular complexity index is 757. The summed E-state index contributed by atoms with van der Waals surface area (Å²) in [6, 6.07) is 7.74. The Kier molecular flexibility index (Phi) is 6.43. The zero-order chi connectivity index (χ0) is 19.5. The molecule has 7 heteroatoms. The van der Waals surface area contributed by atoms with Gasteiger partial charge in [0.15, 0.2) is 0 Å². The van der Waals surface area contributed by atoms with Gasteiger partial charge in [-0.25, -0.2) is 0 Å². The van der Waals surface area contributed by atoms with E-state index in [1.165, 1.54) is 22.9 Å². The SMILES string of the molecule is O=C[C@@H]1CSCN1C(=O)[C@H]1NCSC1C(=O)CC[C@H]1CCc2ccccc2C1. The number of hydrogen-bond donors (Lipinski definition) is 1. The molecule has 3 aliphatic rings. The lowest BCUT2D eigenvalue weighted by Crippen LogP contribution is -2.51. The molecule has 0 saturated carbocycles. The van der Waals surface area contributed by atoms with Crippen LogP contribution in [0.1, 0.15) is 30.4 Å². The van der Waals surface area contributed by atoms with Gasteiger partial charge in [-0.3, -0.25) is 14.9 Å². The van der Waals surface area contributed by atoms with E-state index in [2.05, 4.69) is 29.6 Å². The van der Waals surface area contributed by atoms with Crippen LogP contribution in [-0.2, 0) is 27.2 Å². The third-order valence-electron chi connectivity index (χ3n) is 6.06. The lowest BCUT2D eigenvalue weighted by atomic mass is 9.81. The van der Waals surface area contributed by atoms with Crippen LogP contribution in [0.2, 0.25) is 0 Å². The molecule has 1 unspecified atom stereocenters.